The van der Waals surface area contributed by atoms with E-state index in [4.69, 9.17) is 37.7 Å². The van der Waals surface area contributed by atoms with Crippen molar-refractivity contribution >= 4 is 108 Å². The van der Waals surface area contributed by atoms with E-state index in [1.807, 2.05) is 0 Å². The first-order chi connectivity index (χ1) is 34.9. The number of nitrogens with one attached hydrogen (secondary N) is 2. The molecule has 456 valence electrons. The summed E-state index contributed by atoms with van der Waals surface area (Å²) in [4.78, 5) is 50.9. The number of hydrogen-bond donors (Lipinski definition) is 4. The minimum atomic E-state index is -2.87. The summed E-state index contributed by atoms with van der Waals surface area (Å²) in [6.07, 6.45) is 10.2. The van der Waals surface area contributed by atoms with Crippen LogP contribution >= 0.6 is 0 Å². The van der Waals surface area contributed by atoms with Crippen molar-refractivity contribution in [3.63, 3.8) is 0 Å². The Bertz CT molecular complexity index is 1630. The molecule has 4 N–H and O–H groups in total. The van der Waals surface area contributed by atoms with E-state index in [0.717, 1.165) is 50.6 Å². The number of ether oxygens (including phenoxy) is 1. The standard InChI is InChI=1S/C50H116N2O15Si10/c1-23-25-27-29-39-74(19,60-68(3,4)5)64-72(15,16)66-76(21,62-70(9,10)11)41-31-33-45(43-47(53)54)49(57)51-35-37-59-38-36-52-50(58)46(44-48(55)56)34-32-42-77(22,63-71(12,13)14)67-73(17,18)65-75(20,61-69(6,7)8)40-30-28-26-24-2/h45-46H,23-44H2,1-22H3,(H,51,57)(H,52,58)(H,53,54)(H,55,56). The normalized spacial score (nSPS) is 17.1. The molecule has 0 aromatic rings. The molecule has 0 saturated heterocycles. The number of carboxylic acids is 2. The zero-order valence-corrected chi connectivity index (χ0v) is 62.9. The molecule has 0 aliphatic rings. The van der Waals surface area contributed by atoms with Crippen molar-refractivity contribution in [3.05, 3.63) is 0 Å². The lowest BCUT2D eigenvalue weighted by Gasteiger charge is -2.44. The van der Waals surface area contributed by atoms with Crippen LogP contribution in [0, 0.1) is 11.8 Å². The highest BCUT2D eigenvalue weighted by atomic mass is 28.5. The van der Waals surface area contributed by atoms with Crippen molar-refractivity contribution in [1.29, 1.82) is 0 Å². The predicted octanol–water partition coefficient (Wildman–Crippen LogP) is 13.3. The van der Waals surface area contributed by atoms with Gasteiger partial charge in [0.05, 0.1) is 26.1 Å². The number of carbonyl (C=O) groups excluding carboxylic acids is 2. The summed E-state index contributed by atoms with van der Waals surface area (Å²) in [5, 5.41) is 25.3. The second kappa shape index (κ2) is 34.5. The average molecular weight is 1270 g/mol. The SMILES string of the molecule is CCCCCC[Si](C)(O[Si](C)(C)C)O[Si](C)(C)O[Si](C)(CCCC(CC(=O)O)C(=O)NCCOCCNC(=O)C(CCC[Si](C)(O[Si](C)(C)C)O[Si](C)(C)O[Si](C)(CCCCCC)O[Si](C)(C)C)CC(=O)O)O[Si](C)(C)C. The maximum absolute atomic E-state index is 13.5. The second-order valence-corrected chi connectivity index (χ2v) is 66.9. The molecule has 0 aromatic carbocycles. The van der Waals surface area contributed by atoms with Gasteiger partial charge in [-0.05, 0) is 168 Å². The Morgan fingerprint density at radius 3 is 0.870 bits per heavy atom. The number of carboxylic acid groups (broad SMARTS) is 2. The minimum Gasteiger partial charge on any atom is -0.481 e. The van der Waals surface area contributed by atoms with Crippen LogP contribution in [0.5, 0.6) is 0 Å². The number of carbonyl (C=O) groups is 4. The van der Waals surface area contributed by atoms with E-state index >= 15 is 0 Å². The van der Waals surface area contributed by atoms with Gasteiger partial charge in [-0.2, -0.15) is 0 Å². The fraction of sp³-hybridized carbons (Fsp3) is 0.920. The number of unbranched alkanes of at least 4 members (excludes halogenated alkanes) is 6. The molecule has 0 saturated carbocycles. The molecular weight excluding hydrogens is 1150 g/mol. The third-order valence-corrected chi connectivity index (χ3v) is 48.5. The quantitative estimate of drug-likeness (QED) is 0.0329. The highest BCUT2D eigenvalue weighted by Crippen LogP contribution is 2.35. The van der Waals surface area contributed by atoms with Crippen molar-refractivity contribution in [1.82, 2.24) is 10.6 Å². The Hall–Kier alpha value is -0.311. The summed E-state index contributed by atoms with van der Waals surface area (Å²) in [5.74, 6) is -4.37. The Kier molecular flexibility index (Phi) is 34.3. The third-order valence-electron chi connectivity index (χ3n) is 11.9. The van der Waals surface area contributed by atoms with Crippen molar-refractivity contribution in [2.75, 3.05) is 26.3 Å². The lowest BCUT2D eigenvalue weighted by molar-refractivity contribution is -0.141. The largest absolute Gasteiger partial charge is 0.481 e. The smallest absolute Gasteiger partial charge is 0.315 e. The van der Waals surface area contributed by atoms with Gasteiger partial charge in [0.15, 0.2) is 33.3 Å². The van der Waals surface area contributed by atoms with Gasteiger partial charge in [-0.3, -0.25) is 19.2 Å². The molecule has 0 spiro atoms. The van der Waals surface area contributed by atoms with E-state index in [-0.39, 0.29) is 51.0 Å². The van der Waals surface area contributed by atoms with Gasteiger partial charge in [-0.25, -0.2) is 0 Å². The Balaban J connectivity index is 5.63. The monoisotopic (exact) mass is 1260 g/mol. The number of aliphatic carboxylic acids is 2. The van der Waals surface area contributed by atoms with Gasteiger partial charge in [0.1, 0.15) is 0 Å². The molecule has 6 unspecified atom stereocenters. The molecule has 0 aliphatic carbocycles. The summed E-state index contributed by atoms with van der Waals surface area (Å²) in [6.45, 7) is 47.9. The maximum Gasteiger partial charge on any atom is 0.315 e. The van der Waals surface area contributed by atoms with Crippen molar-refractivity contribution in [2.45, 2.75) is 259 Å². The van der Waals surface area contributed by atoms with Crippen LogP contribution in [0.4, 0.5) is 0 Å². The summed E-state index contributed by atoms with van der Waals surface area (Å²) in [5.41, 5.74) is 0. The van der Waals surface area contributed by atoms with Crippen LogP contribution in [-0.2, 0) is 56.8 Å². The summed E-state index contributed by atoms with van der Waals surface area (Å²) < 4.78 is 61.3. The van der Waals surface area contributed by atoms with E-state index in [0.29, 0.717) is 37.8 Å². The predicted molar refractivity (Wildman–Crippen MR) is 338 cm³/mol. The summed E-state index contributed by atoms with van der Waals surface area (Å²) in [7, 11) is -24.5. The van der Waals surface area contributed by atoms with E-state index < -0.39 is 108 Å². The molecule has 17 nitrogen and oxygen atoms in total. The van der Waals surface area contributed by atoms with Crippen LogP contribution in [0.15, 0.2) is 0 Å². The first-order valence-electron chi connectivity index (χ1n) is 29.1. The molecule has 0 rings (SSSR count). The van der Waals surface area contributed by atoms with Crippen molar-refractivity contribution < 1.29 is 67.0 Å². The topological polar surface area (TPSA) is 216 Å². The van der Waals surface area contributed by atoms with Crippen LogP contribution in [0.1, 0.15) is 104 Å². The first-order valence-corrected chi connectivity index (χ1v) is 58.4. The zero-order chi connectivity index (χ0) is 59.8. The van der Waals surface area contributed by atoms with Gasteiger partial charge >= 0.3 is 63.3 Å². The van der Waals surface area contributed by atoms with Crippen molar-refractivity contribution in [2.24, 2.45) is 11.8 Å². The molecular formula is C50H116N2O15Si10. The summed E-state index contributed by atoms with van der Waals surface area (Å²) in [6, 6.07) is 2.99. The molecule has 0 aromatic heterocycles. The van der Waals surface area contributed by atoms with Crippen LogP contribution in [0.25, 0.3) is 0 Å². The molecule has 0 radical (unpaired) electrons. The third kappa shape index (κ3) is 39.7. The average Bonchev–Trinajstić information content (AvgIpc) is 3.18. The van der Waals surface area contributed by atoms with E-state index in [2.05, 4.69) is 155 Å². The first kappa shape index (κ1) is 76.7. The van der Waals surface area contributed by atoms with Gasteiger partial charge in [-0.15, -0.1) is 0 Å². The van der Waals surface area contributed by atoms with Crippen molar-refractivity contribution in [3.8, 4) is 0 Å². The zero-order valence-electron chi connectivity index (χ0n) is 52.9. The van der Waals surface area contributed by atoms with E-state index in [1.165, 1.54) is 12.8 Å². The van der Waals surface area contributed by atoms with E-state index in [9.17, 15) is 29.4 Å². The fourth-order valence-corrected chi connectivity index (χ4v) is 57.6. The molecule has 0 fully saturated rings. The van der Waals surface area contributed by atoms with Crippen LogP contribution in [0.2, 0.25) is 155 Å². The number of rotatable bonds is 46. The maximum atomic E-state index is 13.5. The molecule has 0 bridgehead atoms. The molecule has 0 heterocycles. The van der Waals surface area contributed by atoms with Gasteiger partial charge in [0.2, 0.25) is 11.8 Å². The molecule has 6 atom stereocenters. The summed E-state index contributed by atoms with van der Waals surface area (Å²) >= 11 is 0. The van der Waals surface area contributed by atoms with Gasteiger partial charge in [-0.1, -0.05) is 78.1 Å². The molecule has 77 heavy (non-hydrogen) atoms. The highest BCUT2D eigenvalue weighted by Gasteiger charge is 2.50. The Morgan fingerprint density at radius 2 is 0.636 bits per heavy atom. The van der Waals surface area contributed by atoms with Crippen LogP contribution < -0.4 is 10.6 Å². The van der Waals surface area contributed by atoms with Gasteiger partial charge < -0.3 is 58.5 Å². The molecule has 27 heteroatoms. The van der Waals surface area contributed by atoms with Crippen LogP contribution in [-0.4, -0.2) is 145 Å². The molecule has 2 amide bonds. The lowest BCUT2D eigenvalue weighted by atomic mass is 9.99. The highest BCUT2D eigenvalue weighted by molar-refractivity contribution is 6.92. The fourth-order valence-electron chi connectivity index (χ4n) is 10.2. The van der Waals surface area contributed by atoms with Gasteiger partial charge in [0, 0.05) is 24.9 Å². The Morgan fingerprint density at radius 1 is 0.377 bits per heavy atom. The lowest BCUT2D eigenvalue weighted by Crippen LogP contribution is -2.59. The van der Waals surface area contributed by atoms with E-state index in [1.54, 1.807) is 0 Å². The van der Waals surface area contributed by atoms with Crippen LogP contribution in [0.3, 0.4) is 0 Å². The molecule has 0 aliphatic heterocycles. The number of amides is 2. The number of hydrogen-bond acceptors (Lipinski definition) is 13. The minimum absolute atomic E-state index is 0.138. The van der Waals surface area contributed by atoms with Gasteiger partial charge in [0.25, 0.3) is 0 Å². The second-order valence-electron chi connectivity index (χ2n) is 26.8. The Labute approximate surface area is 480 Å².